The van der Waals surface area contributed by atoms with Gasteiger partial charge in [0.2, 0.25) is 11.8 Å². The van der Waals surface area contributed by atoms with Crippen molar-refractivity contribution in [1.29, 1.82) is 0 Å². The minimum absolute atomic E-state index is 0.0660. The van der Waals surface area contributed by atoms with Gasteiger partial charge in [-0.1, -0.05) is 82.7 Å². The highest BCUT2D eigenvalue weighted by molar-refractivity contribution is 7.48. The van der Waals surface area contributed by atoms with Crippen molar-refractivity contribution in [3.8, 4) is 5.75 Å². The topological polar surface area (TPSA) is 157 Å². The first-order valence-electron chi connectivity index (χ1n) is 17.0. The number of carbonyl (C=O) groups excluding carboxylic acids is 4. The molecule has 2 amide bonds. The van der Waals surface area contributed by atoms with Crippen molar-refractivity contribution < 1.29 is 33.8 Å². The second-order valence-corrected chi connectivity index (χ2v) is 13.1. The SMILES string of the molecule is CC.CC[C@@H](C=O)OC(=O)C(C)CNC(=O)CNC(=O)/C=C/CC[C@H](C)C1PC1c1ccc(CN)cc1.CO.COc1ccc(C)cc1C. The number of nitrogens with two attached hydrogens (primary N) is 1. The van der Waals surface area contributed by atoms with Crippen LogP contribution in [0.1, 0.15) is 81.8 Å². The van der Waals surface area contributed by atoms with Crippen LogP contribution in [0.4, 0.5) is 0 Å². The lowest BCUT2D eigenvalue weighted by atomic mass is 9.96. The molecule has 1 saturated heterocycles. The van der Waals surface area contributed by atoms with Crippen LogP contribution in [0.15, 0.2) is 54.6 Å². The summed E-state index contributed by atoms with van der Waals surface area (Å²) in [5.74, 6) is -0.328. The average molecular weight is 702 g/mol. The van der Waals surface area contributed by atoms with Gasteiger partial charge >= 0.3 is 5.97 Å². The number of benzene rings is 2. The number of amides is 2. The Bertz CT molecular complexity index is 1290. The lowest BCUT2D eigenvalue weighted by Gasteiger charge is -2.15. The van der Waals surface area contributed by atoms with Gasteiger partial charge in [0.05, 0.1) is 19.6 Å². The third kappa shape index (κ3) is 18.1. The Morgan fingerprint density at radius 1 is 1.04 bits per heavy atom. The van der Waals surface area contributed by atoms with Gasteiger partial charge in [-0.3, -0.25) is 19.2 Å². The third-order valence-corrected chi connectivity index (χ3v) is 9.62. The summed E-state index contributed by atoms with van der Waals surface area (Å²) in [5.41, 5.74) is 12.0. The molecule has 1 aliphatic rings. The first kappa shape index (κ1) is 45.4. The number of aldehydes is 1. The Morgan fingerprint density at radius 2 is 1.69 bits per heavy atom. The minimum atomic E-state index is -0.769. The fourth-order valence-electron chi connectivity index (χ4n) is 4.68. The standard InChI is InChI=1S/C26H38N3O5P.C9H12O.C2H6.CH4O/c1-4-21(16-30)34-26(33)18(3)14-28-23(32)15-29-22(31)8-6-5-7-17(2)24-25(35-24)20-11-9-19(13-27)10-12-20;1-7-4-5-9(10-3)8(2)6-7;2*1-2/h6,8-12,16-18,21,24-25,35H,4-5,7,13-15,27H2,1-3H3,(H,28,32)(H,29,31);4-6H,1-3H3;1-2H3;2H,1H3/b8-6+;;;/t17-,18?,21-,24?,25?;;;/m0.../s1. The van der Waals surface area contributed by atoms with E-state index in [1.165, 1.54) is 22.8 Å². The number of ether oxygens (including phenoxy) is 2. The summed E-state index contributed by atoms with van der Waals surface area (Å²) < 4.78 is 10.1. The van der Waals surface area contributed by atoms with E-state index in [1.807, 2.05) is 39.0 Å². The van der Waals surface area contributed by atoms with Gasteiger partial charge in [0.25, 0.3) is 0 Å². The molecule has 0 aromatic heterocycles. The van der Waals surface area contributed by atoms with Crippen molar-refractivity contribution in [2.24, 2.45) is 17.6 Å². The van der Waals surface area contributed by atoms with E-state index in [1.54, 1.807) is 21.0 Å². The molecular weight excluding hydrogens is 641 g/mol. The number of nitrogens with one attached hydrogen (secondary N) is 2. The van der Waals surface area contributed by atoms with E-state index in [-0.39, 0.29) is 19.0 Å². The maximum atomic E-state index is 12.0. The number of hydrogen-bond acceptors (Lipinski definition) is 8. The van der Waals surface area contributed by atoms with Crippen molar-refractivity contribution in [1.82, 2.24) is 10.6 Å². The number of allylic oxidation sites excluding steroid dienone is 1. The molecule has 10 nitrogen and oxygen atoms in total. The van der Waals surface area contributed by atoms with E-state index in [4.69, 9.17) is 20.3 Å². The number of carbonyl (C=O) groups is 4. The van der Waals surface area contributed by atoms with Crippen LogP contribution in [0.2, 0.25) is 0 Å². The van der Waals surface area contributed by atoms with Crippen molar-refractivity contribution in [3.63, 3.8) is 0 Å². The predicted molar refractivity (Wildman–Crippen MR) is 200 cm³/mol. The molecule has 274 valence electrons. The van der Waals surface area contributed by atoms with Gasteiger partial charge in [-0.2, -0.15) is 0 Å². The molecule has 1 fully saturated rings. The molecule has 0 spiro atoms. The maximum Gasteiger partial charge on any atom is 0.311 e. The second kappa shape index (κ2) is 26.3. The Kier molecular flexibility index (Phi) is 24.4. The number of esters is 1. The lowest BCUT2D eigenvalue weighted by Crippen LogP contribution is -2.39. The zero-order valence-electron chi connectivity index (χ0n) is 30.9. The molecular formula is C38H60N3O7P. The zero-order valence-corrected chi connectivity index (χ0v) is 31.9. The third-order valence-electron chi connectivity index (χ3n) is 7.67. The Hall–Kier alpha value is -3.59. The molecule has 0 radical (unpaired) electrons. The molecule has 11 heteroatoms. The van der Waals surface area contributed by atoms with E-state index in [9.17, 15) is 19.2 Å². The molecule has 5 N–H and O–H groups in total. The van der Waals surface area contributed by atoms with E-state index in [0.29, 0.717) is 36.5 Å². The Labute approximate surface area is 295 Å². The molecule has 1 heterocycles. The summed E-state index contributed by atoms with van der Waals surface area (Å²) in [6.45, 7) is 14.2. The number of aryl methyl sites for hydroxylation is 2. The van der Waals surface area contributed by atoms with Crippen LogP contribution >= 0.6 is 8.58 Å². The van der Waals surface area contributed by atoms with Crippen molar-refractivity contribution in [3.05, 3.63) is 76.9 Å². The predicted octanol–water partition coefficient (Wildman–Crippen LogP) is 5.56. The largest absolute Gasteiger partial charge is 0.496 e. The quantitative estimate of drug-likeness (QED) is 0.0768. The molecule has 4 unspecified atom stereocenters. The highest BCUT2D eigenvalue weighted by atomic mass is 31.1. The number of methoxy groups -OCH3 is 1. The van der Waals surface area contributed by atoms with E-state index >= 15 is 0 Å². The van der Waals surface area contributed by atoms with Crippen LogP contribution in [0.3, 0.4) is 0 Å². The number of rotatable bonds is 16. The van der Waals surface area contributed by atoms with Crippen LogP contribution in [0, 0.1) is 25.7 Å². The highest BCUT2D eigenvalue weighted by Crippen LogP contribution is 2.65. The Morgan fingerprint density at radius 3 is 2.24 bits per heavy atom. The minimum Gasteiger partial charge on any atom is -0.496 e. The molecule has 0 saturated carbocycles. The first-order valence-corrected chi connectivity index (χ1v) is 18.2. The molecule has 2 aromatic carbocycles. The van der Waals surface area contributed by atoms with Crippen molar-refractivity contribution in [2.75, 3.05) is 27.3 Å². The molecule has 3 rings (SSSR count). The van der Waals surface area contributed by atoms with Gasteiger partial charge in [-0.25, -0.2) is 0 Å². The fraction of sp³-hybridized carbons (Fsp3) is 0.526. The van der Waals surface area contributed by atoms with Gasteiger partial charge < -0.3 is 30.9 Å². The highest BCUT2D eigenvalue weighted by Gasteiger charge is 2.41. The number of hydrogen-bond donors (Lipinski definition) is 4. The van der Waals surface area contributed by atoms with Crippen LogP contribution in [0.5, 0.6) is 5.75 Å². The van der Waals surface area contributed by atoms with Gasteiger partial charge in [-0.05, 0) is 73.5 Å². The summed E-state index contributed by atoms with van der Waals surface area (Å²) in [4.78, 5) is 46.5. The molecule has 49 heavy (non-hydrogen) atoms. The maximum absolute atomic E-state index is 12.0. The van der Waals surface area contributed by atoms with E-state index in [2.05, 4.69) is 54.8 Å². The molecule has 0 aliphatic carbocycles. The second-order valence-electron chi connectivity index (χ2n) is 11.5. The van der Waals surface area contributed by atoms with Crippen LogP contribution in [0.25, 0.3) is 0 Å². The first-order chi connectivity index (χ1) is 23.5. The molecule has 1 aliphatic heterocycles. The summed E-state index contributed by atoms with van der Waals surface area (Å²) in [6.07, 6.45) is 5.33. The van der Waals surface area contributed by atoms with Crippen molar-refractivity contribution >= 4 is 32.7 Å². The smallest absolute Gasteiger partial charge is 0.311 e. The summed E-state index contributed by atoms with van der Waals surface area (Å²) in [5, 5.41) is 12.1. The fourth-order valence-corrected chi connectivity index (χ4v) is 6.38. The monoisotopic (exact) mass is 701 g/mol. The number of aliphatic hydroxyl groups is 1. The van der Waals surface area contributed by atoms with Gasteiger partial charge in [0, 0.05) is 25.9 Å². The molecule has 0 bridgehead atoms. The van der Waals surface area contributed by atoms with E-state index < -0.39 is 23.9 Å². The number of aliphatic hydroxyl groups excluding tert-OH is 1. The normalized spacial score (nSPS) is 16.6. The van der Waals surface area contributed by atoms with E-state index in [0.717, 1.165) is 39.8 Å². The molecule has 6 atom stereocenters. The van der Waals surface area contributed by atoms with Crippen LogP contribution in [-0.2, 0) is 30.5 Å². The lowest BCUT2D eigenvalue weighted by molar-refractivity contribution is -0.155. The van der Waals surface area contributed by atoms with Gasteiger partial charge in [0.15, 0.2) is 12.4 Å². The van der Waals surface area contributed by atoms with Crippen molar-refractivity contribution in [2.45, 2.75) is 91.7 Å². The summed E-state index contributed by atoms with van der Waals surface area (Å²) >= 11 is 0. The summed E-state index contributed by atoms with van der Waals surface area (Å²) in [7, 11) is 3.64. The molecule has 2 aromatic rings. The van der Waals surface area contributed by atoms with Gasteiger partial charge in [-0.15, -0.1) is 8.58 Å². The van der Waals surface area contributed by atoms with Crippen LogP contribution in [-0.4, -0.2) is 68.2 Å². The summed E-state index contributed by atoms with van der Waals surface area (Å²) in [6, 6.07) is 14.7. The average Bonchev–Trinajstić information content (AvgIpc) is 3.93. The van der Waals surface area contributed by atoms with Crippen LogP contribution < -0.4 is 21.1 Å². The Balaban J connectivity index is 0.00000138. The van der Waals surface area contributed by atoms with Gasteiger partial charge in [0.1, 0.15) is 5.75 Å². The zero-order chi connectivity index (χ0) is 37.4.